The van der Waals surface area contributed by atoms with Gasteiger partial charge < -0.3 is 14.7 Å². The van der Waals surface area contributed by atoms with Crippen LogP contribution >= 0.6 is 0 Å². The zero-order valence-electron chi connectivity index (χ0n) is 14.3. The van der Waals surface area contributed by atoms with E-state index in [0.717, 1.165) is 19.5 Å². The molecule has 0 spiro atoms. The fraction of sp³-hybridized carbons (Fsp3) is 0.750. The average molecular weight is 335 g/mol. The lowest BCUT2D eigenvalue weighted by atomic mass is 10.2. The standard InChI is InChI=1S/C16H25N5O3/c1-11-18-15(19-24-11)9-21(12(2)22)14-5-6-20(8-14)10-16(23)17-7-13-3-4-13/h13-14H,3-10H2,1-2H3,(H,17,23). The Hall–Kier alpha value is -1.96. The Bertz CT molecular complexity index is 598. The van der Waals surface area contributed by atoms with E-state index in [1.807, 2.05) is 0 Å². The Morgan fingerprint density at radius 3 is 2.79 bits per heavy atom. The summed E-state index contributed by atoms with van der Waals surface area (Å²) in [6.07, 6.45) is 3.32. The van der Waals surface area contributed by atoms with E-state index in [1.165, 1.54) is 12.8 Å². The van der Waals surface area contributed by atoms with Crippen LogP contribution in [0.5, 0.6) is 0 Å². The van der Waals surface area contributed by atoms with Gasteiger partial charge in [-0.1, -0.05) is 5.16 Å². The van der Waals surface area contributed by atoms with Crippen LogP contribution < -0.4 is 5.32 Å². The summed E-state index contributed by atoms with van der Waals surface area (Å²) in [7, 11) is 0. The molecule has 2 aliphatic rings. The predicted molar refractivity (Wildman–Crippen MR) is 85.8 cm³/mol. The lowest BCUT2D eigenvalue weighted by Gasteiger charge is -2.26. The van der Waals surface area contributed by atoms with Crippen molar-refractivity contribution in [3.05, 3.63) is 11.7 Å². The zero-order chi connectivity index (χ0) is 17.1. The number of aryl methyl sites for hydroxylation is 1. The number of hydrogen-bond donors (Lipinski definition) is 1. The molecule has 2 heterocycles. The zero-order valence-corrected chi connectivity index (χ0v) is 14.3. The van der Waals surface area contributed by atoms with E-state index < -0.39 is 0 Å². The summed E-state index contributed by atoms with van der Waals surface area (Å²) in [5.41, 5.74) is 0. The molecule has 1 aliphatic heterocycles. The van der Waals surface area contributed by atoms with Gasteiger partial charge in [0.05, 0.1) is 13.1 Å². The quantitative estimate of drug-likeness (QED) is 0.772. The summed E-state index contributed by atoms with van der Waals surface area (Å²) in [6, 6.07) is 0.0811. The van der Waals surface area contributed by atoms with Crippen LogP contribution in [0.3, 0.4) is 0 Å². The predicted octanol–water partition coefficient (Wildman–Crippen LogP) is 0.327. The Labute approximate surface area is 141 Å². The van der Waals surface area contributed by atoms with Crippen LogP contribution in [0.15, 0.2) is 4.52 Å². The number of hydrogen-bond acceptors (Lipinski definition) is 6. The maximum absolute atomic E-state index is 12.0. The van der Waals surface area contributed by atoms with Crippen molar-refractivity contribution in [2.45, 2.75) is 45.7 Å². The van der Waals surface area contributed by atoms with Gasteiger partial charge in [-0.3, -0.25) is 14.5 Å². The first-order valence-corrected chi connectivity index (χ1v) is 8.56. The first-order chi connectivity index (χ1) is 11.5. The minimum Gasteiger partial charge on any atom is -0.355 e. The fourth-order valence-corrected chi connectivity index (χ4v) is 3.10. The second-order valence-electron chi connectivity index (χ2n) is 6.80. The van der Waals surface area contributed by atoms with Gasteiger partial charge in [-0.05, 0) is 25.2 Å². The Morgan fingerprint density at radius 2 is 2.17 bits per heavy atom. The molecule has 1 atom stereocenters. The molecule has 8 nitrogen and oxygen atoms in total. The Morgan fingerprint density at radius 1 is 1.38 bits per heavy atom. The largest absolute Gasteiger partial charge is 0.355 e. The molecule has 24 heavy (non-hydrogen) atoms. The van der Waals surface area contributed by atoms with Crippen molar-refractivity contribution in [1.82, 2.24) is 25.3 Å². The summed E-state index contributed by atoms with van der Waals surface area (Å²) in [5.74, 6) is 1.76. The lowest BCUT2D eigenvalue weighted by molar-refractivity contribution is -0.131. The smallest absolute Gasteiger partial charge is 0.234 e. The lowest BCUT2D eigenvalue weighted by Crippen LogP contribution is -2.42. The van der Waals surface area contributed by atoms with E-state index in [-0.39, 0.29) is 17.9 Å². The van der Waals surface area contributed by atoms with Crippen molar-refractivity contribution < 1.29 is 14.1 Å². The molecule has 1 aromatic heterocycles. The van der Waals surface area contributed by atoms with Crippen LogP contribution in [-0.4, -0.2) is 64.0 Å². The molecule has 2 fully saturated rings. The van der Waals surface area contributed by atoms with Gasteiger partial charge in [-0.25, -0.2) is 0 Å². The van der Waals surface area contributed by atoms with Crippen molar-refractivity contribution >= 4 is 11.8 Å². The molecule has 8 heteroatoms. The molecule has 3 rings (SSSR count). The third kappa shape index (κ3) is 4.53. The third-order valence-corrected chi connectivity index (χ3v) is 4.63. The Balaban J connectivity index is 1.49. The van der Waals surface area contributed by atoms with Crippen LogP contribution in [0.2, 0.25) is 0 Å². The van der Waals surface area contributed by atoms with Gasteiger partial charge in [0.25, 0.3) is 0 Å². The minimum atomic E-state index is -0.0116. The number of nitrogens with zero attached hydrogens (tertiary/aromatic N) is 4. The van der Waals surface area contributed by atoms with Gasteiger partial charge >= 0.3 is 0 Å². The summed E-state index contributed by atoms with van der Waals surface area (Å²) < 4.78 is 4.97. The van der Waals surface area contributed by atoms with Gasteiger partial charge in [-0.15, -0.1) is 0 Å². The summed E-state index contributed by atoms with van der Waals surface area (Å²) in [4.78, 5) is 32.0. The number of carbonyl (C=O) groups excluding carboxylic acids is 2. The van der Waals surface area contributed by atoms with Gasteiger partial charge in [0.2, 0.25) is 17.7 Å². The summed E-state index contributed by atoms with van der Waals surface area (Å²) in [6.45, 7) is 6.34. The number of rotatable bonds is 7. The fourth-order valence-electron chi connectivity index (χ4n) is 3.10. The van der Waals surface area contributed by atoms with Gasteiger partial charge in [0.15, 0.2) is 5.82 Å². The number of aromatic nitrogens is 2. The second kappa shape index (κ2) is 7.29. The van der Waals surface area contributed by atoms with Crippen molar-refractivity contribution in [3.63, 3.8) is 0 Å². The number of amides is 2. The molecule has 1 saturated carbocycles. The average Bonchev–Trinajstić information content (AvgIpc) is 3.11. The van der Waals surface area contributed by atoms with E-state index in [4.69, 9.17) is 4.52 Å². The van der Waals surface area contributed by atoms with Crippen molar-refractivity contribution in [2.75, 3.05) is 26.2 Å². The van der Waals surface area contributed by atoms with Crippen molar-refractivity contribution in [1.29, 1.82) is 0 Å². The molecular formula is C16H25N5O3. The third-order valence-electron chi connectivity index (χ3n) is 4.63. The second-order valence-corrected chi connectivity index (χ2v) is 6.80. The normalized spacial score (nSPS) is 21.0. The van der Waals surface area contributed by atoms with E-state index in [1.54, 1.807) is 18.7 Å². The molecular weight excluding hydrogens is 310 g/mol. The van der Waals surface area contributed by atoms with E-state index in [0.29, 0.717) is 37.3 Å². The highest BCUT2D eigenvalue weighted by Gasteiger charge is 2.31. The number of nitrogens with one attached hydrogen (secondary N) is 1. The molecule has 1 N–H and O–H groups in total. The molecule has 1 saturated heterocycles. The van der Waals surface area contributed by atoms with Crippen LogP contribution in [0.1, 0.15) is 37.9 Å². The van der Waals surface area contributed by atoms with Crippen LogP contribution in [0.4, 0.5) is 0 Å². The monoisotopic (exact) mass is 335 g/mol. The highest BCUT2D eigenvalue weighted by Crippen LogP contribution is 2.27. The van der Waals surface area contributed by atoms with Crippen molar-refractivity contribution in [3.8, 4) is 0 Å². The molecule has 0 radical (unpaired) electrons. The summed E-state index contributed by atoms with van der Waals surface area (Å²) >= 11 is 0. The van der Waals surface area contributed by atoms with Gasteiger partial charge in [-0.2, -0.15) is 4.98 Å². The first kappa shape index (κ1) is 16.9. The molecule has 1 unspecified atom stereocenters. The molecule has 1 aromatic rings. The molecule has 0 bridgehead atoms. The number of likely N-dealkylation sites (tertiary alicyclic amines) is 1. The molecule has 0 aromatic carbocycles. The maximum Gasteiger partial charge on any atom is 0.234 e. The molecule has 1 aliphatic carbocycles. The maximum atomic E-state index is 12.0. The molecule has 132 valence electrons. The SMILES string of the molecule is CC(=O)N(Cc1noc(C)n1)C1CCN(CC(=O)NCC2CC2)C1. The van der Waals surface area contributed by atoms with Gasteiger partial charge in [0, 0.05) is 39.5 Å². The molecule has 2 amide bonds. The minimum absolute atomic E-state index is 0.0116. The van der Waals surface area contributed by atoms with E-state index >= 15 is 0 Å². The van der Waals surface area contributed by atoms with E-state index in [2.05, 4.69) is 20.4 Å². The number of carbonyl (C=O) groups is 2. The first-order valence-electron chi connectivity index (χ1n) is 8.56. The highest BCUT2D eigenvalue weighted by molar-refractivity contribution is 5.78. The van der Waals surface area contributed by atoms with Gasteiger partial charge in [0.1, 0.15) is 0 Å². The van der Waals surface area contributed by atoms with Crippen LogP contribution in [-0.2, 0) is 16.1 Å². The highest BCUT2D eigenvalue weighted by atomic mass is 16.5. The van der Waals surface area contributed by atoms with Crippen molar-refractivity contribution in [2.24, 2.45) is 5.92 Å². The topological polar surface area (TPSA) is 91.6 Å². The van der Waals surface area contributed by atoms with Crippen LogP contribution in [0.25, 0.3) is 0 Å². The van der Waals surface area contributed by atoms with E-state index in [9.17, 15) is 9.59 Å². The Kier molecular flexibility index (Phi) is 5.13. The van der Waals surface area contributed by atoms with Crippen LogP contribution in [0, 0.1) is 12.8 Å². The summed E-state index contributed by atoms with van der Waals surface area (Å²) in [5, 5.41) is 6.85.